The number of rotatable bonds is 7. The van der Waals surface area contributed by atoms with Crippen molar-refractivity contribution in [1.82, 2.24) is 9.78 Å². The van der Waals surface area contributed by atoms with Crippen molar-refractivity contribution < 1.29 is 14.3 Å². The quantitative estimate of drug-likeness (QED) is 0.407. The summed E-state index contributed by atoms with van der Waals surface area (Å²) in [4.78, 5) is 24.5. The first-order valence-corrected chi connectivity index (χ1v) is 11.0. The highest BCUT2D eigenvalue weighted by atomic mass is 16.5. The van der Waals surface area contributed by atoms with E-state index in [1.807, 2.05) is 80.6 Å². The normalized spacial score (nSPS) is 10.9. The third kappa shape index (κ3) is 5.12. The van der Waals surface area contributed by atoms with Crippen molar-refractivity contribution in [2.45, 2.75) is 33.7 Å². The number of amides is 1. The van der Waals surface area contributed by atoms with Crippen LogP contribution >= 0.6 is 0 Å². The van der Waals surface area contributed by atoms with Crippen LogP contribution in [0.1, 0.15) is 39.8 Å². The minimum Gasteiger partial charge on any atom is -0.465 e. The number of benzene rings is 3. The lowest BCUT2D eigenvalue weighted by Gasteiger charge is -2.08. The van der Waals surface area contributed by atoms with E-state index in [2.05, 4.69) is 10.4 Å². The molecule has 0 spiro atoms. The lowest BCUT2D eigenvalue weighted by atomic mass is 10.0. The SMILES string of the molecule is CCOC(=O)Cn1nc(C)c(Cc2ccc(NC(=O)c3ccc4ccccc4c3)cc2)c1C. The first-order chi connectivity index (χ1) is 15.9. The lowest BCUT2D eigenvalue weighted by molar-refractivity contribution is -0.144. The smallest absolute Gasteiger partial charge is 0.327 e. The van der Waals surface area contributed by atoms with Gasteiger partial charge in [0.1, 0.15) is 6.54 Å². The molecule has 0 radical (unpaired) electrons. The number of aryl methyl sites for hydroxylation is 1. The molecule has 0 fully saturated rings. The highest BCUT2D eigenvalue weighted by molar-refractivity contribution is 6.06. The molecule has 1 amide bonds. The van der Waals surface area contributed by atoms with Crippen LogP contribution in [0.4, 0.5) is 5.69 Å². The highest BCUT2D eigenvalue weighted by Crippen LogP contribution is 2.21. The number of nitrogens with one attached hydrogen (secondary N) is 1. The first kappa shape index (κ1) is 22.3. The summed E-state index contributed by atoms with van der Waals surface area (Å²) in [7, 11) is 0. The molecule has 0 atom stereocenters. The summed E-state index contributed by atoms with van der Waals surface area (Å²) < 4.78 is 6.73. The van der Waals surface area contributed by atoms with Gasteiger partial charge >= 0.3 is 5.97 Å². The molecule has 0 aliphatic carbocycles. The number of nitrogens with zero attached hydrogens (tertiary/aromatic N) is 2. The van der Waals surface area contributed by atoms with Gasteiger partial charge in [0, 0.05) is 28.9 Å². The second-order valence-electron chi connectivity index (χ2n) is 8.00. The Hall–Kier alpha value is -3.93. The summed E-state index contributed by atoms with van der Waals surface area (Å²) >= 11 is 0. The summed E-state index contributed by atoms with van der Waals surface area (Å²) in [6.07, 6.45) is 0.694. The molecule has 168 valence electrons. The Morgan fingerprint density at radius 2 is 1.70 bits per heavy atom. The molecule has 3 aromatic carbocycles. The highest BCUT2D eigenvalue weighted by Gasteiger charge is 2.15. The summed E-state index contributed by atoms with van der Waals surface area (Å²) in [5.41, 5.74) is 5.40. The minimum absolute atomic E-state index is 0.111. The van der Waals surface area contributed by atoms with E-state index in [4.69, 9.17) is 4.74 Å². The Morgan fingerprint density at radius 1 is 0.970 bits per heavy atom. The number of ether oxygens (including phenoxy) is 1. The molecule has 0 bridgehead atoms. The largest absolute Gasteiger partial charge is 0.465 e. The molecule has 1 N–H and O–H groups in total. The fourth-order valence-corrected chi connectivity index (χ4v) is 3.92. The molecule has 4 aromatic rings. The second kappa shape index (κ2) is 9.69. The van der Waals surface area contributed by atoms with E-state index in [1.54, 1.807) is 11.6 Å². The van der Waals surface area contributed by atoms with Crippen LogP contribution in [0.5, 0.6) is 0 Å². The third-order valence-electron chi connectivity index (χ3n) is 5.72. The van der Waals surface area contributed by atoms with Gasteiger partial charge in [-0.1, -0.05) is 42.5 Å². The Balaban J connectivity index is 1.43. The van der Waals surface area contributed by atoms with Crippen molar-refractivity contribution in [1.29, 1.82) is 0 Å². The molecule has 4 rings (SSSR count). The number of esters is 1. The Morgan fingerprint density at radius 3 is 2.42 bits per heavy atom. The van der Waals surface area contributed by atoms with Crippen LogP contribution in [0, 0.1) is 13.8 Å². The van der Waals surface area contributed by atoms with Gasteiger partial charge in [0.05, 0.1) is 12.3 Å². The zero-order valence-electron chi connectivity index (χ0n) is 19.1. The number of anilines is 1. The van der Waals surface area contributed by atoms with Crippen molar-refractivity contribution in [3.05, 3.63) is 94.8 Å². The van der Waals surface area contributed by atoms with Crippen molar-refractivity contribution in [3.63, 3.8) is 0 Å². The van der Waals surface area contributed by atoms with Gasteiger partial charge in [-0.25, -0.2) is 0 Å². The van der Waals surface area contributed by atoms with Crippen LogP contribution in [-0.2, 0) is 22.5 Å². The number of fused-ring (bicyclic) bond motifs is 1. The van der Waals surface area contributed by atoms with Crippen molar-refractivity contribution in [2.75, 3.05) is 11.9 Å². The van der Waals surface area contributed by atoms with Crippen molar-refractivity contribution in [3.8, 4) is 0 Å². The maximum absolute atomic E-state index is 12.7. The van der Waals surface area contributed by atoms with Gasteiger partial charge in [0.2, 0.25) is 0 Å². The van der Waals surface area contributed by atoms with E-state index < -0.39 is 0 Å². The average Bonchev–Trinajstić information content (AvgIpc) is 3.07. The molecule has 1 heterocycles. The van der Waals surface area contributed by atoms with Crippen molar-refractivity contribution in [2.24, 2.45) is 0 Å². The second-order valence-corrected chi connectivity index (χ2v) is 8.00. The molecule has 6 heteroatoms. The minimum atomic E-state index is -0.291. The Bertz CT molecular complexity index is 1310. The number of aromatic nitrogens is 2. The van der Waals surface area contributed by atoms with E-state index in [0.29, 0.717) is 18.6 Å². The first-order valence-electron chi connectivity index (χ1n) is 11.0. The Labute approximate surface area is 193 Å². The molecular weight excluding hydrogens is 414 g/mol. The molecule has 0 unspecified atom stereocenters. The predicted molar refractivity (Wildman–Crippen MR) is 129 cm³/mol. The van der Waals surface area contributed by atoms with Crippen molar-refractivity contribution >= 4 is 28.3 Å². The molecule has 0 aliphatic heterocycles. The van der Waals surface area contributed by atoms with Gasteiger partial charge < -0.3 is 10.1 Å². The standard InChI is InChI=1S/C27H27N3O3/c1-4-33-26(31)17-30-19(3)25(18(2)29-30)15-20-9-13-24(14-10-20)28-27(32)23-12-11-21-7-5-6-8-22(21)16-23/h5-14,16H,4,15,17H2,1-3H3,(H,28,32). The van der Waals surface area contributed by atoms with E-state index in [9.17, 15) is 9.59 Å². The molecule has 0 saturated carbocycles. The monoisotopic (exact) mass is 441 g/mol. The molecule has 0 aliphatic rings. The van der Waals surface area contributed by atoms with Crippen LogP contribution in [0.25, 0.3) is 10.8 Å². The average molecular weight is 442 g/mol. The van der Waals surface area contributed by atoms with E-state index in [1.165, 1.54) is 0 Å². The molecular formula is C27H27N3O3. The topological polar surface area (TPSA) is 73.2 Å². The summed E-state index contributed by atoms with van der Waals surface area (Å²) in [6, 6.07) is 21.5. The maximum Gasteiger partial charge on any atom is 0.327 e. The van der Waals surface area contributed by atoms with E-state index in [0.717, 1.165) is 39.0 Å². The van der Waals surface area contributed by atoms with E-state index in [-0.39, 0.29) is 18.4 Å². The number of hydrogen-bond acceptors (Lipinski definition) is 4. The molecule has 6 nitrogen and oxygen atoms in total. The van der Waals surface area contributed by atoms with E-state index >= 15 is 0 Å². The van der Waals surface area contributed by atoms with Gasteiger partial charge in [-0.2, -0.15) is 5.10 Å². The Kier molecular flexibility index (Phi) is 6.54. The zero-order chi connectivity index (χ0) is 23.4. The van der Waals surface area contributed by atoms with Gasteiger partial charge in [-0.15, -0.1) is 0 Å². The van der Waals surface area contributed by atoms with Gasteiger partial charge in [-0.3, -0.25) is 14.3 Å². The number of carbonyl (C=O) groups is 2. The van der Waals surface area contributed by atoms with Gasteiger partial charge in [0.15, 0.2) is 0 Å². The number of hydrogen-bond donors (Lipinski definition) is 1. The van der Waals surface area contributed by atoms with Gasteiger partial charge in [-0.05, 0) is 61.4 Å². The molecule has 1 aromatic heterocycles. The fourth-order valence-electron chi connectivity index (χ4n) is 3.92. The fraction of sp³-hybridized carbons (Fsp3) is 0.222. The summed E-state index contributed by atoms with van der Waals surface area (Å²) in [5.74, 6) is -0.429. The number of carbonyl (C=O) groups excluding carboxylic acids is 2. The predicted octanol–water partition coefficient (Wildman–Crippen LogP) is 5.06. The lowest BCUT2D eigenvalue weighted by Crippen LogP contribution is -2.15. The maximum atomic E-state index is 12.7. The van der Waals surface area contributed by atoms with Crippen LogP contribution in [0.3, 0.4) is 0 Å². The summed E-state index contributed by atoms with van der Waals surface area (Å²) in [6.45, 7) is 6.17. The van der Waals surface area contributed by atoms with Crippen LogP contribution < -0.4 is 5.32 Å². The summed E-state index contributed by atoms with van der Waals surface area (Å²) in [5, 5.41) is 9.61. The van der Waals surface area contributed by atoms with Crippen LogP contribution in [0.2, 0.25) is 0 Å². The third-order valence-corrected chi connectivity index (χ3v) is 5.72. The zero-order valence-corrected chi connectivity index (χ0v) is 19.1. The molecule has 33 heavy (non-hydrogen) atoms. The van der Waals surface area contributed by atoms with Crippen LogP contribution in [-0.4, -0.2) is 28.3 Å². The van der Waals surface area contributed by atoms with Gasteiger partial charge in [0.25, 0.3) is 5.91 Å². The van der Waals surface area contributed by atoms with Crippen LogP contribution in [0.15, 0.2) is 66.7 Å². The molecule has 0 saturated heterocycles.